The summed E-state index contributed by atoms with van der Waals surface area (Å²) < 4.78 is 35.2. The zero-order valence-electron chi connectivity index (χ0n) is 17.0. The van der Waals surface area contributed by atoms with Gasteiger partial charge in [0.2, 0.25) is 0 Å². The van der Waals surface area contributed by atoms with Crippen LogP contribution in [0.25, 0.3) is 10.9 Å². The molecule has 0 saturated heterocycles. The van der Waals surface area contributed by atoms with Crippen LogP contribution in [0.5, 0.6) is 0 Å². The molecule has 0 unspecified atom stereocenters. The summed E-state index contributed by atoms with van der Waals surface area (Å²) in [4.78, 5) is 12.4. The summed E-state index contributed by atoms with van der Waals surface area (Å²) in [6.07, 6.45) is 1.87. The highest BCUT2D eigenvalue weighted by molar-refractivity contribution is 7.92. The molecule has 160 valence electrons. The second-order valence-corrected chi connectivity index (χ2v) is 10.6. The minimum absolute atomic E-state index is 0.115. The lowest BCUT2D eigenvalue weighted by Crippen LogP contribution is -2.39. The third kappa shape index (κ3) is 4.91. The van der Waals surface area contributed by atoms with E-state index >= 15 is 0 Å². The van der Waals surface area contributed by atoms with E-state index in [-0.39, 0.29) is 14.9 Å². The number of ether oxygens (including phenoxy) is 1. The van der Waals surface area contributed by atoms with E-state index in [1.807, 2.05) is 23.9 Å². The van der Waals surface area contributed by atoms with Gasteiger partial charge in [-0.1, -0.05) is 29.3 Å². The number of hydrogen-bond donors (Lipinski definition) is 0. The maximum absolute atomic E-state index is 13.5. The Bertz CT molecular complexity index is 1190. The first-order chi connectivity index (χ1) is 13.9. The summed E-state index contributed by atoms with van der Waals surface area (Å²) in [5.74, 6) is -0.675. The maximum Gasteiger partial charge on any atom is 0.327 e. The average molecular weight is 469 g/mol. The summed E-state index contributed by atoms with van der Waals surface area (Å²) in [6, 6.07) is 11.1. The fraction of sp³-hybridized carbons (Fsp3) is 0.286. The van der Waals surface area contributed by atoms with E-state index in [9.17, 15) is 13.2 Å². The molecule has 2 aromatic carbocycles. The molecule has 6 nitrogen and oxygen atoms in total. The predicted octanol–water partition coefficient (Wildman–Crippen LogP) is 5.02. The monoisotopic (exact) mass is 468 g/mol. The van der Waals surface area contributed by atoms with E-state index in [0.717, 1.165) is 15.2 Å². The van der Waals surface area contributed by atoms with E-state index in [1.54, 1.807) is 39.0 Å². The normalized spacial score (nSPS) is 12.2. The standard InChI is InChI=1S/C21H22Cl2N2O4S/c1-21(2,3)29-20(26)13-25(17-6-5-14-7-8-24(4)19(14)12-17)30(27,28)18-10-15(22)9-16(23)11-18/h5-12H,13H2,1-4H3. The van der Waals surface area contributed by atoms with E-state index in [1.165, 1.54) is 18.2 Å². The lowest BCUT2D eigenvalue weighted by atomic mass is 10.2. The van der Waals surface area contributed by atoms with Gasteiger partial charge in [0.1, 0.15) is 12.1 Å². The number of esters is 1. The molecule has 0 fully saturated rings. The number of sulfonamides is 1. The first-order valence-electron chi connectivity index (χ1n) is 9.12. The van der Waals surface area contributed by atoms with Crippen LogP contribution in [0.1, 0.15) is 20.8 Å². The van der Waals surface area contributed by atoms with Crippen LogP contribution in [0, 0.1) is 0 Å². The van der Waals surface area contributed by atoms with Crippen molar-refractivity contribution in [3.8, 4) is 0 Å². The molecule has 0 bridgehead atoms. The lowest BCUT2D eigenvalue weighted by Gasteiger charge is -2.26. The van der Waals surface area contributed by atoms with Crippen molar-refractivity contribution in [1.82, 2.24) is 4.57 Å². The van der Waals surface area contributed by atoms with Crippen LogP contribution in [0.4, 0.5) is 5.69 Å². The summed E-state index contributed by atoms with van der Waals surface area (Å²) >= 11 is 12.0. The van der Waals surface area contributed by atoms with Gasteiger partial charge in [-0.05, 0) is 62.6 Å². The van der Waals surface area contributed by atoms with Crippen LogP contribution in [0.3, 0.4) is 0 Å². The maximum atomic E-state index is 13.5. The van der Waals surface area contributed by atoms with Crippen LogP contribution in [-0.2, 0) is 26.6 Å². The van der Waals surface area contributed by atoms with Gasteiger partial charge in [-0.2, -0.15) is 0 Å². The molecule has 9 heteroatoms. The first kappa shape index (κ1) is 22.5. The van der Waals surface area contributed by atoms with Crippen LogP contribution >= 0.6 is 23.2 Å². The number of anilines is 1. The highest BCUT2D eigenvalue weighted by Crippen LogP contribution is 2.30. The van der Waals surface area contributed by atoms with Gasteiger partial charge in [0, 0.05) is 28.8 Å². The lowest BCUT2D eigenvalue weighted by molar-refractivity contribution is -0.152. The minimum atomic E-state index is -4.16. The number of aromatic nitrogens is 1. The molecule has 0 aliphatic heterocycles. The van der Waals surface area contributed by atoms with Gasteiger partial charge >= 0.3 is 5.97 Å². The summed E-state index contributed by atoms with van der Waals surface area (Å²) in [7, 11) is -2.30. The van der Waals surface area contributed by atoms with Crippen molar-refractivity contribution in [1.29, 1.82) is 0 Å². The van der Waals surface area contributed by atoms with E-state index in [4.69, 9.17) is 27.9 Å². The molecule has 0 saturated carbocycles. The Morgan fingerprint density at radius 2 is 1.70 bits per heavy atom. The van der Waals surface area contributed by atoms with Crippen molar-refractivity contribution in [3.63, 3.8) is 0 Å². The van der Waals surface area contributed by atoms with Crippen molar-refractivity contribution in [2.45, 2.75) is 31.3 Å². The number of nitrogens with zero attached hydrogens (tertiary/aromatic N) is 2. The van der Waals surface area contributed by atoms with Gasteiger partial charge in [-0.3, -0.25) is 9.10 Å². The topological polar surface area (TPSA) is 68.6 Å². The molecule has 0 aliphatic carbocycles. The number of hydrogen-bond acceptors (Lipinski definition) is 4. The highest BCUT2D eigenvalue weighted by atomic mass is 35.5. The average Bonchev–Trinajstić information content (AvgIpc) is 2.98. The van der Waals surface area contributed by atoms with Gasteiger partial charge in [0.25, 0.3) is 10.0 Å². The third-order valence-electron chi connectivity index (χ3n) is 4.28. The van der Waals surface area contributed by atoms with Crippen molar-refractivity contribution in [3.05, 3.63) is 58.7 Å². The largest absolute Gasteiger partial charge is 0.459 e. The summed E-state index contributed by atoms with van der Waals surface area (Å²) in [6.45, 7) is 4.66. The van der Waals surface area contributed by atoms with Crippen LogP contribution < -0.4 is 4.31 Å². The van der Waals surface area contributed by atoms with Gasteiger partial charge < -0.3 is 9.30 Å². The predicted molar refractivity (Wildman–Crippen MR) is 120 cm³/mol. The summed E-state index contributed by atoms with van der Waals surface area (Å²) in [5.41, 5.74) is 0.390. The van der Waals surface area contributed by atoms with Gasteiger partial charge in [-0.25, -0.2) is 8.42 Å². The third-order valence-corrected chi connectivity index (χ3v) is 6.46. The Kier molecular flexibility index (Phi) is 6.09. The molecular weight excluding hydrogens is 447 g/mol. The number of rotatable bonds is 5. The van der Waals surface area contributed by atoms with Crippen LogP contribution in [0.15, 0.2) is 53.6 Å². The van der Waals surface area contributed by atoms with Gasteiger partial charge in [0.15, 0.2) is 0 Å². The van der Waals surface area contributed by atoms with Crippen molar-refractivity contribution in [2.75, 3.05) is 10.8 Å². The summed E-state index contributed by atoms with van der Waals surface area (Å²) in [5, 5.41) is 1.30. The number of aryl methyl sites for hydroxylation is 1. The Labute approximate surface area is 186 Å². The zero-order valence-corrected chi connectivity index (χ0v) is 19.3. The second-order valence-electron chi connectivity index (χ2n) is 7.87. The van der Waals surface area contributed by atoms with Crippen LogP contribution in [0.2, 0.25) is 10.0 Å². The Morgan fingerprint density at radius 3 is 2.30 bits per heavy atom. The van der Waals surface area contributed by atoms with Crippen molar-refractivity contribution in [2.24, 2.45) is 7.05 Å². The fourth-order valence-electron chi connectivity index (χ4n) is 3.02. The molecule has 0 radical (unpaired) electrons. The van der Waals surface area contributed by atoms with Crippen molar-refractivity contribution >= 4 is 55.8 Å². The fourth-order valence-corrected chi connectivity index (χ4v) is 5.14. The Morgan fingerprint density at radius 1 is 1.07 bits per heavy atom. The number of carbonyl (C=O) groups is 1. The van der Waals surface area contributed by atoms with Gasteiger partial charge in [0.05, 0.1) is 10.6 Å². The molecular formula is C21H22Cl2N2O4S. The molecule has 0 aliphatic rings. The molecule has 30 heavy (non-hydrogen) atoms. The molecule has 0 atom stereocenters. The number of carbonyl (C=O) groups excluding carboxylic acids is 1. The molecule has 3 aromatic rings. The molecule has 3 rings (SSSR count). The van der Waals surface area contributed by atoms with E-state index in [0.29, 0.717) is 5.69 Å². The number of benzene rings is 2. The Balaban J connectivity index is 2.12. The smallest absolute Gasteiger partial charge is 0.327 e. The van der Waals surface area contributed by atoms with E-state index in [2.05, 4.69) is 0 Å². The van der Waals surface area contributed by atoms with Crippen LogP contribution in [-0.4, -0.2) is 31.1 Å². The zero-order chi connectivity index (χ0) is 22.3. The molecule has 0 spiro atoms. The number of fused-ring (bicyclic) bond motifs is 1. The molecule has 1 aromatic heterocycles. The number of halogens is 2. The second kappa shape index (κ2) is 8.13. The van der Waals surface area contributed by atoms with Crippen molar-refractivity contribution < 1.29 is 17.9 Å². The first-order valence-corrected chi connectivity index (χ1v) is 11.3. The quantitative estimate of drug-likeness (QED) is 0.492. The Hall–Kier alpha value is -2.22. The molecule has 0 amide bonds. The SMILES string of the molecule is Cn1ccc2ccc(N(CC(=O)OC(C)(C)C)S(=O)(=O)c3cc(Cl)cc(Cl)c3)cc21. The molecule has 0 N–H and O–H groups in total. The highest BCUT2D eigenvalue weighted by Gasteiger charge is 2.30. The minimum Gasteiger partial charge on any atom is -0.459 e. The molecule has 1 heterocycles. The van der Waals surface area contributed by atoms with Gasteiger partial charge in [-0.15, -0.1) is 0 Å². The van der Waals surface area contributed by atoms with E-state index < -0.39 is 28.1 Å².